The molecule has 0 heterocycles. The van der Waals surface area contributed by atoms with Gasteiger partial charge in [-0.15, -0.1) is 0 Å². The fraction of sp³-hybridized carbons (Fsp3) is 0.556. The Morgan fingerprint density at radius 1 is 0.667 bits per heavy atom. The molecule has 0 saturated carbocycles. The van der Waals surface area contributed by atoms with Gasteiger partial charge < -0.3 is 9.84 Å². The van der Waals surface area contributed by atoms with Crippen LogP contribution >= 0.6 is 11.8 Å². The molecule has 2 aromatic carbocycles. The van der Waals surface area contributed by atoms with Crippen LogP contribution in [0.3, 0.4) is 0 Å². The molecule has 0 spiro atoms. The van der Waals surface area contributed by atoms with Gasteiger partial charge in [-0.1, -0.05) is 93.1 Å². The quantitative estimate of drug-likeness (QED) is 0.520. The van der Waals surface area contributed by atoms with E-state index in [2.05, 4.69) is 87.4 Å². The summed E-state index contributed by atoms with van der Waals surface area (Å²) in [5, 5.41) is 10.6. The molecule has 2 rings (SSSR count). The molecule has 0 aromatic heterocycles. The van der Waals surface area contributed by atoms with Crippen LogP contribution in [0, 0.1) is 10.8 Å². The number of phenolic OH excluding ortho intramolecular Hbond substituents is 1. The monoisotopic (exact) mass is 428 g/mol. The zero-order valence-corrected chi connectivity index (χ0v) is 21.5. The van der Waals surface area contributed by atoms with E-state index in [1.807, 2.05) is 18.2 Å². The van der Waals surface area contributed by atoms with Crippen molar-refractivity contribution in [2.75, 3.05) is 7.11 Å². The van der Waals surface area contributed by atoms with Crippen molar-refractivity contribution in [2.24, 2.45) is 10.8 Å². The van der Waals surface area contributed by atoms with E-state index in [-0.39, 0.29) is 21.7 Å². The lowest BCUT2D eigenvalue weighted by atomic mass is 9.65. The van der Waals surface area contributed by atoms with Gasteiger partial charge >= 0.3 is 0 Å². The third-order valence-corrected chi connectivity index (χ3v) is 8.62. The molecular formula is C27H40O2S. The van der Waals surface area contributed by atoms with Crippen molar-refractivity contribution in [3.05, 3.63) is 47.5 Å². The Hall–Kier alpha value is -1.61. The van der Waals surface area contributed by atoms with Crippen molar-refractivity contribution >= 4 is 11.8 Å². The summed E-state index contributed by atoms with van der Waals surface area (Å²) < 4.78 is 5.66. The first-order chi connectivity index (χ1) is 13.5. The van der Waals surface area contributed by atoms with Gasteiger partial charge in [0.15, 0.2) is 0 Å². The number of benzene rings is 2. The molecule has 30 heavy (non-hydrogen) atoms. The Morgan fingerprint density at radius 3 is 1.53 bits per heavy atom. The fourth-order valence-corrected chi connectivity index (χ4v) is 4.15. The van der Waals surface area contributed by atoms with Crippen molar-refractivity contribution in [3.8, 4) is 11.5 Å². The minimum absolute atomic E-state index is 0.00724. The molecule has 0 aliphatic carbocycles. The van der Waals surface area contributed by atoms with Crippen molar-refractivity contribution < 1.29 is 9.84 Å². The first-order valence-corrected chi connectivity index (χ1v) is 11.5. The average molecular weight is 429 g/mol. The maximum absolute atomic E-state index is 10.6. The van der Waals surface area contributed by atoms with E-state index >= 15 is 0 Å². The Morgan fingerprint density at radius 2 is 1.10 bits per heavy atom. The van der Waals surface area contributed by atoms with Gasteiger partial charge in [0.25, 0.3) is 0 Å². The summed E-state index contributed by atoms with van der Waals surface area (Å²) in [7, 11) is 1.70. The summed E-state index contributed by atoms with van der Waals surface area (Å²) in [6.07, 6.45) is 0. The van der Waals surface area contributed by atoms with E-state index in [0.717, 1.165) is 15.5 Å². The van der Waals surface area contributed by atoms with Gasteiger partial charge in [-0.05, 0) is 57.1 Å². The van der Waals surface area contributed by atoms with Crippen molar-refractivity contribution in [3.63, 3.8) is 0 Å². The summed E-state index contributed by atoms with van der Waals surface area (Å²) in [4.78, 5) is 1.88. The van der Waals surface area contributed by atoms with Crippen LogP contribution in [0.25, 0.3) is 0 Å². The van der Waals surface area contributed by atoms with Crippen LogP contribution in [0.1, 0.15) is 80.4 Å². The van der Waals surface area contributed by atoms with E-state index in [1.165, 1.54) is 11.1 Å². The molecule has 0 amide bonds. The molecule has 2 aromatic rings. The molecule has 0 aliphatic heterocycles. The third-order valence-electron chi connectivity index (χ3n) is 7.54. The highest BCUT2D eigenvalue weighted by Crippen LogP contribution is 2.47. The van der Waals surface area contributed by atoms with Gasteiger partial charge in [-0.3, -0.25) is 0 Å². The van der Waals surface area contributed by atoms with Gasteiger partial charge in [0.2, 0.25) is 0 Å². The highest BCUT2D eigenvalue weighted by atomic mass is 32.2. The van der Waals surface area contributed by atoms with Crippen molar-refractivity contribution in [1.29, 1.82) is 0 Å². The maximum Gasteiger partial charge on any atom is 0.132 e. The maximum atomic E-state index is 10.6. The van der Waals surface area contributed by atoms with Crippen LogP contribution in [-0.2, 0) is 10.8 Å². The smallest absolute Gasteiger partial charge is 0.132 e. The van der Waals surface area contributed by atoms with E-state index < -0.39 is 0 Å². The zero-order valence-electron chi connectivity index (χ0n) is 20.7. The lowest BCUT2D eigenvalue weighted by molar-refractivity contribution is 0.225. The first-order valence-electron chi connectivity index (χ1n) is 10.7. The summed E-state index contributed by atoms with van der Waals surface area (Å²) in [5.74, 6) is 1.13. The minimum Gasteiger partial charge on any atom is -0.507 e. The topological polar surface area (TPSA) is 29.5 Å². The predicted molar refractivity (Wildman–Crippen MR) is 130 cm³/mol. The number of rotatable bonds is 5. The molecule has 2 nitrogen and oxygen atoms in total. The molecule has 0 unspecified atom stereocenters. The van der Waals surface area contributed by atoms with Crippen LogP contribution in [0.15, 0.2) is 46.2 Å². The molecule has 0 atom stereocenters. The van der Waals surface area contributed by atoms with Crippen molar-refractivity contribution in [2.45, 2.75) is 89.9 Å². The number of hydrogen-bond donors (Lipinski definition) is 1. The van der Waals surface area contributed by atoms with E-state index in [9.17, 15) is 5.11 Å². The second-order valence-electron chi connectivity index (χ2n) is 11.4. The molecule has 0 fully saturated rings. The number of phenols is 1. The zero-order chi connectivity index (χ0) is 23.1. The van der Waals surface area contributed by atoms with E-state index in [4.69, 9.17) is 4.74 Å². The standard InChI is InChI=1S/C27H40O2S/c1-24(2,3)26(7,8)18-12-14-20(28)22(16-18)30-23-17-19(13-15-21(23)29-11)27(9,10)25(4,5)6/h12-17,28H,1-11H3. The molecular weight excluding hydrogens is 388 g/mol. The Bertz CT molecular complexity index is 896. The summed E-state index contributed by atoms with van der Waals surface area (Å²) in [5.41, 5.74) is 2.66. The minimum atomic E-state index is -0.0316. The summed E-state index contributed by atoms with van der Waals surface area (Å²) >= 11 is 1.57. The third kappa shape index (κ3) is 4.66. The number of hydrogen-bond acceptors (Lipinski definition) is 3. The van der Waals surface area contributed by atoms with Crippen LogP contribution in [-0.4, -0.2) is 12.2 Å². The molecule has 0 aliphatic rings. The van der Waals surface area contributed by atoms with Crippen LogP contribution in [0.2, 0.25) is 0 Å². The fourth-order valence-electron chi connectivity index (χ4n) is 3.11. The van der Waals surface area contributed by atoms with Gasteiger partial charge in [-0.2, -0.15) is 0 Å². The van der Waals surface area contributed by atoms with Gasteiger partial charge in [0.1, 0.15) is 11.5 Å². The van der Waals surface area contributed by atoms with E-state index in [0.29, 0.717) is 5.75 Å². The molecule has 166 valence electrons. The Labute approximate surface area is 188 Å². The van der Waals surface area contributed by atoms with Crippen LogP contribution in [0.4, 0.5) is 0 Å². The molecule has 3 heteroatoms. The first kappa shape index (κ1) is 24.7. The average Bonchev–Trinajstić information content (AvgIpc) is 2.61. The van der Waals surface area contributed by atoms with Crippen LogP contribution in [0.5, 0.6) is 11.5 Å². The predicted octanol–water partition coefficient (Wildman–Crippen LogP) is 8.20. The SMILES string of the molecule is COc1ccc(C(C)(C)C(C)(C)C)cc1Sc1cc(C(C)(C)C(C)(C)C)ccc1O. The molecule has 0 bridgehead atoms. The normalized spacial score (nSPS) is 13.4. The highest BCUT2D eigenvalue weighted by molar-refractivity contribution is 7.99. The number of ether oxygens (including phenoxy) is 1. The second kappa shape index (κ2) is 8.15. The van der Waals surface area contributed by atoms with Gasteiger partial charge in [0, 0.05) is 0 Å². The largest absolute Gasteiger partial charge is 0.507 e. The van der Waals surface area contributed by atoms with E-state index in [1.54, 1.807) is 18.9 Å². The highest BCUT2D eigenvalue weighted by Gasteiger charge is 2.36. The molecule has 0 saturated heterocycles. The molecule has 0 radical (unpaired) electrons. The Balaban J connectivity index is 2.55. The lowest BCUT2D eigenvalue weighted by Gasteiger charge is -2.40. The number of aromatic hydroxyl groups is 1. The van der Waals surface area contributed by atoms with Gasteiger partial charge in [0.05, 0.1) is 16.9 Å². The summed E-state index contributed by atoms with van der Waals surface area (Å²) in [6, 6.07) is 12.4. The second-order valence-corrected chi connectivity index (χ2v) is 12.5. The van der Waals surface area contributed by atoms with Crippen LogP contribution < -0.4 is 4.74 Å². The Kier molecular flexibility index (Phi) is 6.70. The van der Waals surface area contributed by atoms with Gasteiger partial charge in [-0.25, -0.2) is 0 Å². The molecule has 1 N–H and O–H groups in total. The summed E-state index contributed by atoms with van der Waals surface area (Å²) in [6.45, 7) is 22.7. The lowest BCUT2D eigenvalue weighted by Crippen LogP contribution is -2.34. The number of methoxy groups -OCH3 is 1. The van der Waals surface area contributed by atoms with Crippen molar-refractivity contribution in [1.82, 2.24) is 0 Å².